The smallest absolute Gasteiger partial charge is 0.197 e. The molecule has 0 aromatic carbocycles. The van der Waals surface area contributed by atoms with Crippen molar-refractivity contribution in [3.63, 3.8) is 0 Å². The van der Waals surface area contributed by atoms with Gasteiger partial charge in [0.25, 0.3) is 0 Å². The fourth-order valence-corrected chi connectivity index (χ4v) is 2.08. The average Bonchev–Trinajstić information content (AvgIpc) is 2.49. The maximum Gasteiger partial charge on any atom is 0.197 e. The lowest BCUT2D eigenvalue weighted by molar-refractivity contribution is 0.172. The standard InChI is InChI=1S/C12H19NO/c1-4-11-7-13-12(14-11)10-5-9(6-10)8(2)3/h7-10H,4-6H2,1-3H3. The van der Waals surface area contributed by atoms with E-state index in [4.69, 9.17) is 4.42 Å². The van der Waals surface area contributed by atoms with Crippen LogP contribution in [-0.2, 0) is 6.42 Å². The van der Waals surface area contributed by atoms with Gasteiger partial charge in [-0.25, -0.2) is 4.98 Å². The minimum Gasteiger partial charge on any atom is -0.445 e. The lowest BCUT2D eigenvalue weighted by atomic mass is 9.69. The summed E-state index contributed by atoms with van der Waals surface area (Å²) in [5.41, 5.74) is 0. The van der Waals surface area contributed by atoms with E-state index in [-0.39, 0.29) is 0 Å². The minimum atomic E-state index is 0.600. The molecule has 1 aliphatic rings. The van der Waals surface area contributed by atoms with Gasteiger partial charge in [-0.05, 0) is 24.7 Å². The Balaban J connectivity index is 1.93. The molecule has 2 nitrogen and oxygen atoms in total. The summed E-state index contributed by atoms with van der Waals surface area (Å²) in [5, 5.41) is 0. The molecule has 0 aliphatic heterocycles. The van der Waals surface area contributed by atoms with Crippen LogP contribution in [-0.4, -0.2) is 4.98 Å². The number of nitrogens with zero attached hydrogens (tertiary/aromatic N) is 1. The first-order valence-electron chi connectivity index (χ1n) is 5.65. The van der Waals surface area contributed by atoms with Crippen molar-refractivity contribution < 1.29 is 4.42 Å². The first kappa shape index (κ1) is 9.75. The molecular formula is C12H19NO. The average molecular weight is 193 g/mol. The summed E-state index contributed by atoms with van der Waals surface area (Å²) < 4.78 is 5.65. The Bertz CT molecular complexity index is 297. The Morgan fingerprint density at radius 2 is 2.21 bits per heavy atom. The summed E-state index contributed by atoms with van der Waals surface area (Å²) in [6.07, 6.45) is 5.36. The normalized spacial score (nSPS) is 26.6. The van der Waals surface area contributed by atoms with E-state index < -0.39 is 0 Å². The highest BCUT2D eigenvalue weighted by molar-refractivity contribution is 5.04. The van der Waals surface area contributed by atoms with E-state index in [1.54, 1.807) is 0 Å². The van der Waals surface area contributed by atoms with Crippen LogP contribution in [0.5, 0.6) is 0 Å². The first-order valence-corrected chi connectivity index (χ1v) is 5.65. The molecule has 0 saturated heterocycles. The van der Waals surface area contributed by atoms with Crippen LogP contribution in [0.2, 0.25) is 0 Å². The van der Waals surface area contributed by atoms with Crippen LogP contribution < -0.4 is 0 Å². The van der Waals surface area contributed by atoms with Crippen LogP contribution in [0.15, 0.2) is 10.6 Å². The highest BCUT2D eigenvalue weighted by Gasteiger charge is 2.34. The Labute approximate surface area is 85.7 Å². The molecule has 0 radical (unpaired) electrons. The van der Waals surface area contributed by atoms with Crippen LogP contribution >= 0.6 is 0 Å². The first-order chi connectivity index (χ1) is 6.70. The topological polar surface area (TPSA) is 26.0 Å². The van der Waals surface area contributed by atoms with Crippen molar-refractivity contribution in [3.05, 3.63) is 17.8 Å². The summed E-state index contributed by atoms with van der Waals surface area (Å²) >= 11 is 0. The molecule has 0 N–H and O–H groups in total. The molecule has 1 aliphatic carbocycles. The number of oxazole rings is 1. The van der Waals surface area contributed by atoms with E-state index in [1.807, 2.05) is 6.20 Å². The van der Waals surface area contributed by atoms with E-state index >= 15 is 0 Å². The van der Waals surface area contributed by atoms with Crippen molar-refractivity contribution >= 4 is 0 Å². The van der Waals surface area contributed by atoms with Gasteiger partial charge in [0.1, 0.15) is 5.76 Å². The predicted molar refractivity (Wildman–Crippen MR) is 56.2 cm³/mol. The molecular weight excluding hydrogens is 174 g/mol. The van der Waals surface area contributed by atoms with Gasteiger partial charge in [-0.3, -0.25) is 0 Å². The number of rotatable bonds is 3. The van der Waals surface area contributed by atoms with E-state index in [0.717, 1.165) is 29.9 Å². The number of hydrogen-bond donors (Lipinski definition) is 0. The maximum atomic E-state index is 5.65. The molecule has 1 aromatic heterocycles. The van der Waals surface area contributed by atoms with Crippen LogP contribution in [0.1, 0.15) is 51.2 Å². The number of aryl methyl sites for hydroxylation is 1. The van der Waals surface area contributed by atoms with Gasteiger partial charge in [-0.2, -0.15) is 0 Å². The van der Waals surface area contributed by atoms with Crippen molar-refractivity contribution in [2.24, 2.45) is 11.8 Å². The third-order valence-corrected chi connectivity index (χ3v) is 3.39. The van der Waals surface area contributed by atoms with Crippen LogP contribution in [0.3, 0.4) is 0 Å². The molecule has 0 atom stereocenters. The highest BCUT2D eigenvalue weighted by Crippen LogP contribution is 2.44. The van der Waals surface area contributed by atoms with Gasteiger partial charge in [0.2, 0.25) is 0 Å². The lowest BCUT2D eigenvalue weighted by Crippen LogP contribution is -2.26. The van der Waals surface area contributed by atoms with Gasteiger partial charge in [0.15, 0.2) is 5.89 Å². The second-order valence-electron chi connectivity index (χ2n) is 4.69. The molecule has 0 spiro atoms. The van der Waals surface area contributed by atoms with Gasteiger partial charge in [0, 0.05) is 12.3 Å². The fraction of sp³-hybridized carbons (Fsp3) is 0.750. The zero-order valence-electron chi connectivity index (χ0n) is 9.29. The summed E-state index contributed by atoms with van der Waals surface area (Å²) in [7, 11) is 0. The minimum absolute atomic E-state index is 0.600. The summed E-state index contributed by atoms with van der Waals surface area (Å²) in [6, 6.07) is 0. The van der Waals surface area contributed by atoms with Crippen LogP contribution in [0.25, 0.3) is 0 Å². The summed E-state index contributed by atoms with van der Waals surface area (Å²) in [5.74, 6) is 4.29. The molecule has 1 fully saturated rings. The zero-order chi connectivity index (χ0) is 10.1. The Morgan fingerprint density at radius 1 is 1.50 bits per heavy atom. The molecule has 0 bridgehead atoms. The summed E-state index contributed by atoms with van der Waals surface area (Å²) in [4.78, 5) is 4.34. The fourth-order valence-electron chi connectivity index (χ4n) is 2.08. The Hall–Kier alpha value is -0.790. The second kappa shape index (κ2) is 3.76. The number of aromatic nitrogens is 1. The number of hydrogen-bond acceptors (Lipinski definition) is 2. The van der Waals surface area contributed by atoms with Gasteiger partial charge < -0.3 is 4.42 Å². The maximum absolute atomic E-state index is 5.65. The largest absolute Gasteiger partial charge is 0.445 e. The lowest BCUT2D eigenvalue weighted by Gasteiger charge is -2.36. The van der Waals surface area contributed by atoms with E-state index in [0.29, 0.717) is 5.92 Å². The molecule has 2 rings (SSSR count). The molecule has 0 unspecified atom stereocenters. The van der Waals surface area contributed by atoms with E-state index in [9.17, 15) is 0 Å². The van der Waals surface area contributed by atoms with Crippen LogP contribution in [0.4, 0.5) is 0 Å². The highest BCUT2D eigenvalue weighted by atomic mass is 16.4. The van der Waals surface area contributed by atoms with E-state index in [1.165, 1.54) is 12.8 Å². The molecule has 1 heterocycles. The SMILES string of the molecule is CCc1cnc(C2CC(C(C)C)C2)o1. The van der Waals surface area contributed by atoms with Gasteiger partial charge in [-0.15, -0.1) is 0 Å². The molecule has 2 heteroatoms. The van der Waals surface area contributed by atoms with E-state index in [2.05, 4.69) is 25.8 Å². The van der Waals surface area contributed by atoms with Crippen molar-refractivity contribution in [3.8, 4) is 0 Å². The monoisotopic (exact) mass is 193 g/mol. The van der Waals surface area contributed by atoms with Gasteiger partial charge in [-0.1, -0.05) is 20.8 Å². The molecule has 1 aromatic rings. The van der Waals surface area contributed by atoms with Gasteiger partial charge >= 0.3 is 0 Å². The predicted octanol–water partition coefficient (Wildman–Crippen LogP) is 3.39. The Morgan fingerprint density at radius 3 is 2.71 bits per heavy atom. The molecule has 14 heavy (non-hydrogen) atoms. The molecule has 78 valence electrons. The Kier molecular flexibility index (Phi) is 2.62. The van der Waals surface area contributed by atoms with Crippen molar-refractivity contribution in [2.75, 3.05) is 0 Å². The van der Waals surface area contributed by atoms with Gasteiger partial charge in [0.05, 0.1) is 6.20 Å². The third-order valence-electron chi connectivity index (χ3n) is 3.39. The van der Waals surface area contributed by atoms with Crippen molar-refractivity contribution in [1.82, 2.24) is 4.98 Å². The second-order valence-corrected chi connectivity index (χ2v) is 4.69. The quantitative estimate of drug-likeness (QED) is 0.735. The van der Waals surface area contributed by atoms with Crippen molar-refractivity contribution in [2.45, 2.75) is 46.0 Å². The zero-order valence-corrected chi connectivity index (χ0v) is 9.29. The third kappa shape index (κ3) is 1.70. The van der Waals surface area contributed by atoms with Crippen molar-refractivity contribution in [1.29, 1.82) is 0 Å². The molecule has 0 amide bonds. The summed E-state index contributed by atoms with van der Waals surface area (Å²) in [6.45, 7) is 6.70. The molecule has 1 saturated carbocycles. The van der Waals surface area contributed by atoms with Crippen LogP contribution in [0, 0.1) is 11.8 Å².